The Morgan fingerprint density at radius 2 is 0.946 bits per heavy atom. The summed E-state index contributed by atoms with van der Waals surface area (Å²) in [6.45, 7) is 0. The number of hydrogen-bond acceptors (Lipinski definition) is 3. The molecule has 37 heavy (non-hydrogen) atoms. The maximum absolute atomic E-state index is 5.23. The second-order valence-electron chi connectivity index (χ2n) is 9.07. The van der Waals surface area contributed by atoms with Crippen molar-refractivity contribution in [1.82, 2.24) is 9.97 Å². The first kappa shape index (κ1) is 21.7. The van der Waals surface area contributed by atoms with Crippen molar-refractivity contribution in [2.24, 2.45) is 0 Å². The van der Waals surface area contributed by atoms with E-state index in [1.165, 1.54) is 21.2 Å². The highest BCUT2D eigenvalue weighted by atomic mass is 32.1. The van der Waals surface area contributed by atoms with Gasteiger partial charge in [-0.15, -0.1) is 11.3 Å². The first-order chi connectivity index (χ1) is 18.3. The maximum atomic E-state index is 5.23. The monoisotopic (exact) mass is 490 g/mol. The molecule has 0 aliphatic heterocycles. The Bertz CT molecular complexity index is 1800. The zero-order chi connectivity index (χ0) is 24.6. The van der Waals surface area contributed by atoms with Gasteiger partial charge in [0.25, 0.3) is 0 Å². The van der Waals surface area contributed by atoms with Gasteiger partial charge in [-0.1, -0.05) is 109 Å². The molecule has 174 valence electrons. The predicted octanol–water partition coefficient (Wildman–Crippen LogP) is 9.51. The van der Waals surface area contributed by atoms with Gasteiger partial charge in [0.2, 0.25) is 0 Å². The second-order valence-corrected chi connectivity index (χ2v) is 10.1. The van der Waals surface area contributed by atoms with Crippen LogP contribution in [0.3, 0.4) is 0 Å². The van der Waals surface area contributed by atoms with E-state index in [1.807, 2.05) is 6.07 Å². The molecule has 2 heterocycles. The summed E-state index contributed by atoms with van der Waals surface area (Å²) in [5, 5.41) is 2.33. The Balaban J connectivity index is 1.51. The summed E-state index contributed by atoms with van der Waals surface area (Å²) >= 11 is 1.73. The fourth-order valence-electron chi connectivity index (χ4n) is 4.91. The van der Waals surface area contributed by atoms with E-state index in [0.717, 1.165) is 44.0 Å². The zero-order valence-electron chi connectivity index (χ0n) is 20.0. The SMILES string of the molecule is c1ccc(-c2cc(-c3ccccc3)cc(-c3nc(-c4ccccc4)c4c(n3)sc3ccccc34)c2)cc1. The van der Waals surface area contributed by atoms with E-state index in [2.05, 4.69) is 127 Å². The third kappa shape index (κ3) is 4.00. The van der Waals surface area contributed by atoms with Crippen LogP contribution >= 0.6 is 11.3 Å². The first-order valence-electron chi connectivity index (χ1n) is 12.3. The number of aromatic nitrogens is 2. The molecule has 0 unspecified atom stereocenters. The number of fused-ring (bicyclic) bond motifs is 3. The molecule has 0 N–H and O–H groups in total. The van der Waals surface area contributed by atoms with Crippen LogP contribution in [-0.4, -0.2) is 9.97 Å². The largest absolute Gasteiger partial charge is 0.227 e. The summed E-state index contributed by atoms with van der Waals surface area (Å²) in [6, 6.07) is 46.7. The van der Waals surface area contributed by atoms with Crippen molar-refractivity contribution in [2.45, 2.75) is 0 Å². The van der Waals surface area contributed by atoms with E-state index in [4.69, 9.17) is 9.97 Å². The second kappa shape index (κ2) is 9.12. The molecular formula is C34H22N2S. The molecule has 7 rings (SSSR count). The average Bonchev–Trinajstić information content (AvgIpc) is 3.36. The van der Waals surface area contributed by atoms with Crippen LogP contribution in [0, 0.1) is 0 Å². The zero-order valence-corrected chi connectivity index (χ0v) is 20.8. The van der Waals surface area contributed by atoms with Gasteiger partial charge in [-0.2, -0.15) is 0 Å². The van der Waals surface area contributed by atoms with Crippen molar-refractivity contribution < 1.29 is 0 Å². The average molecular weight is 491 g/mol. The molecule has 0 spiro atoms. The van der Waals surface area contributed by atoms with Crippen LogP contribution in [0.5, 0.6) is 0 Å². The van der Waals surface area contributed by atoms with Gasteiger partial charge in [0.15, 0.2) is 5.82 Å². The molecule has 0 fully saturated rings. The number of rotatable bonds is 4. The van der Waals surface area contributed by atoms with E-state index < -0.39 is 0 Å². The molecule has 0 atom stereocenters. The summed E-state index contributed by atoms with van der Waals surface area (Å²) in [4.78, 5) is 11.4. The number of hydrogen-bond donors (Lipinski definition) is 0. The molecule has 0 saturated heterocycles. The smallest absolute Gasteiger partial charge is 0.161 e. The quantitative estimate of drug-likeness (QED) is 0.245. The molecule has 0 saturated carbocycles. The van der Waals surface area contributed by atoms with E-state index in [-0.39, 0.29) is 0 Å². The summed E-state index contributed by atoms with van der Waals surface area (Å²) in [7, 11) is 0. The number of nitrogens with zero attached hydrogens (tertiary/aromatic N) is 2. The predicted molar refractivity (Wildman–Crippen MR) is 157 cm³/mol. The van der Waals surface area contributed by atoms with Crippen LogP contribution < -0.4 is 0 Å². The van der Waals surface area contributed by atoms with Crippen LogP contribution in [0.2, 0.25) is 0 Å². The van der Waals surface area contributed by atoms with Crippen LogP contribution in [0.15, 0.2) is 133 Å². The Labute approximate surface area is 219 Å². The molecule has 0 bridgehead atoms. The van der Waals surface area contributed by atoms with Crippen molar-refractivity contribution in [1.29, 1.82) is 0 Å². The van der Waals surface area contributed by atoms with Gasteiger partial charge in [0.1, 0.15) is 4.83 Å². The molecule has 0 aliphatic carbocycles. The van der Waals surface area contributed by atoms with E-state index in [0.29, 0.717) is 0 Å². The summed E-state index contributed by atoms with van der Waals surface area (Å²) < 4.78 is 1.23. The van der Waals surface area contributed by atoms with E-state index in [9.17, 15) is 0 Å². The van der Waals surface area contributed by atoms with Crippen molar-refractivity contribution in [3.8, 4) is 44.9 Å². The van der Waals surface area contributed by atoms with E-state index in [1.54, 1.807) is 11.3 Å². The topological polar surface area (TPSA) is 25.8 Å². The van der Waals surface area contributed by atoms with Gasteiger partial charge in [0, 0.05) is 26.6 Å². The van der Waals surface area contributed by atoms with Crippen molar-refractivity contribution >= 4 is 31.6 Å². The highest BCUT2D eigenvalue weighted by molar-refractivity contribution is 7.25. The van der Waals surface area contributed by atoms with Gasteiger partial charge < -0.3 is 0 Å². The Hall–Kier alpha value is -4.60. The van der Waals surface area contributed by atoms with Gasteiger partial charge in [-0.25, -0.2) is 9.97 Å². The maximum Gasteiger partial charge on any atom is 0.161 e. The van der Waals surface area contributed by atoms with Gasteiger partial charge in [-0.05, 0) is 46.5 Å². The lowest BCUT2D eigenvalue weighted by molar-refractivity contribution is 1.24. The highest BCUT2D eigenvalue weighted by Gasteiger charge is 2.17. The highest BCUT2D eigenvalue weighted by Crippen LogP contribution is 2.40. The van der Waals surface area contributed by atoms with Crippen LogP contribution in [0.25, 0.3) is 65.2 Å². The minimum Gasteiger partial charge on any atom is -0.227 e. The standard InChI is InChI=1S/C34H22N2S/c1-4-12-23(13-5-1)26-20-27(24-14-6-2-7-15-24)22-28(21-26)33-35-32(25-16-8-3-9-17-25)31-29-18-10-11-19-30(29)37-34(31)36-33/h1-22H. The molecule has 5 aromatic carbocycles. The molecule has 7 aromatic rings. The van der Waals surface area contributed by atoms with Crippen molar-refractivity contribution in [2.75, 3.05) is 0 Å². The van der Waals surface area contributed by atoms with E-state index >= 15 is 0 Å². The first-order valence-corrected chi connectivity index (χ1v) is 13.2. The number of benzene rings is 5. The van der Waals surface area contributed by atoms with Crippen LogP contribution in [-0.2, 0) is 0 Å². The lowest BCUT2D eigenvalue weighted by Gasteiger charge is -2.12. The molecule has 3 heteroatoms. The minimum absolute atomic E-state index is 0.743. The Kier molecular flexibility index (Phi) is 5.34. The molecule has 0 amide bonds. The van der Waals surface area contributed by atoms with Gasteiger partial charge >= 0.3 is 0 Å². The summed E-state index contributed by atoms with van der Waals surface area (Å²) in [6.07, 6.45) is 0. The Morgan fingerprint density at radius 1 is 0.432 bits per heavy atom. The molecular weight excluding hydrogens is 468 g/mol. The van der Waals surface area contributed by atoms with Gasteiger partial charge in [0.05, 0.1) is 5.69 Å². The van der Waals surface area contributed by atoms with Crippen molar-refractivity contribution in [3.05, 3.63) is 133 Å². The third-order valence-electron chi connectivity index (χ3n) is 6.69. The fraction of sp³-hybridized carbons (Fsp3) is 0. The molecule has 0 aliphatic rings. The third-order valence-corrected chi connectivity index (χ3v) is 7.76. The van der Waals surface area contributed by atoms with Crippen molar-refractivity contribution in [3.63, 3.8) is 0 Å². The number of thiophene rings is 1. The summed E-state index contributed by atoms with van der Waals surface area (Å²) in [5.41, 5.74) is 7.74. The Morgan fingerprint density at radius 3 is 1.57 bits per heavy atom. The lowest BCUT2D eigenvalue weighted by atomic mass is 9.95. The van der Waals surface area contributed by atoms with Crippen LogP contribution in [0.1, 0.15) is 0 Å². The molecule has 2 nitrogen and oxygen atoms in total. The lowest BCUT2D eigenvalue weighted by Crippen LogP contribution is -1.95. The minimum atomic E-state index is 0.743. The summed E-state index contributed by atoms with van der Waals surface area (Å²) in [5.74, 6) is 0.743. The molecule has 2 aromatic heterocycles. The normalized spacial score (nSPS) is 11.2. The van der Waals surface area contributed by atoms with Crippen LogP contribution in [0.4, 0.5) is 0 Å². The fourth-order valence-corrected chi connectivity index (χ4v) is 5.98. The van der Waals surface area contributed by atoms with Gasteiger partial charge in [-0.3, -0.25) is 0 Å². The molecule has 0 radical (unpaired) electrons.